The summed E-state index contributed by atoms with van der Waals surface area (Å²) in [5.41, 5.74) is 1.20. The Bertz CT molecular complexity index is 744. The fraction of sp³-hybridized carbons (Fsp3) is 0.294. The molecule has 0 saturated heterocycles. The van der Waals surface area contributed by atoms with Crippen LogP contribution >= 0.6 is 22.7 Å². The van der Waals surface area contributed by atoms with Crippen molar-refractivity contribution in [3.8, 4) is 0 Å². The summed E-state index contributed by atoms with van der Waals surface area (Å²) in [4.78, 5) is 25.8. The average molecular weight is 347 g/mol. The normalized spacial score (nSPS) is 14.4. The summed E-state index contributed by atoms with van der Waals surface area (Å²) in [6, 6.07) is 3.84. The number of carboxylic acids is 1. The topological polar surface area (TPSA) is 66.4 Å². The van der Waals surface area contributed by atoms with Crippen molar-refractivity contribution >= 4 is 45.6 Å². The number of hydrogen-bond acceptors (Lipinski definition) is 4. The fourth-order valence-corrected chi connectivity index (χ4v) is 4.66. The number of rotatable bonds is 4. The molecule has 0 unspecified atom stereocenters. The predicted octanol–water partition coefficient (Wildman–Crippen LogP) is 4.43. The highest BCUT2D eigenvalue weighted by Gasteiger charge is 2.24. The molecule has 120 valence electrons. The van der Waals surface area contributed by atoms with Crippen LogP contribution in [0.4, 0.5) is 5.00 Å². The maximum absolute atomic E-state index is 12.1. The SMILES string of the molecule is O=C(C=Cc1cccs1)Nc1sc2c(c1C(=O)O)CCCCC2. The van der Waals surface area contributed by atoms with E-state index >= 15 is 0 Å². The average Bonchev–Trinajstić information content (AvgIpc) is 3.08. The van der Waals surface area contributed by atoms with Crippen molar-refractivity contribution in [3.05, 3.63) is 44.5 Å². The monoisotopic (exact) mass is 347 g/mol. The number of carboxylic acid groups (broad SMARTS) is 1. The third-order valence-electron chi connectivity index (χ3n) is 3.81. The minimum absolute atomic E-state index is 0.282. The maximum Gasteiger partial charge on any atom is 0.339 e. The van der Waals surface area contributed by atoms with Crippen LogP contribution in [-0.2, 0) is 17.6 Å². The molecule has 0 fully saturated rings. The van der Waals surface area contributed by atoms with Crippen LogP contribution in [0.15, 0.2) is 23.6 Å². The number of fused-ring (bicyclic) bond motifs is 1. The van der Waals surface area contributed by atoms with E-state index in [1.54, 1.807) is 17.4 Å². The van der Waals surface area contributed by atoms with Gasteiger partial charge in [0, 0.05) is 15.8 Å². The van der Waals surface area contributed by atoms with Crippen LogP contribution in [0.25, 0.3) is 6.08 Å². The van der Waals surface area contributed by atoms with Crippen molar-refractivity contribution in [1.82, 2.24) is 0 Å². The Morgan fingerprint density at radius 3 is 2.78 bits per heavy atom. The van der Waals surface area contributed by atoms with Crippen molar-refractivity contribution in [3.63, 3.8) is 0 Å². The van der Waals surface area contributed by atoms with Crippen molar-refractivity contribution in [2.24, 2.45) is 0 Å². The minimum Gasteiger partial charge on any atom is -0.478 e. The van der Waals surface area contributed by atoms with E-state index in [0.717, 1.165) is 47.4 Å². The minimum atomic E-state index is -0.957. The molecule has 3 rings (SSSR count). The molecule has 0 bridgehead atoms. The summed E-state index contributed by atoms with van der Waals surface area (Å²) >= 11 is 2.96. The van der Waals surface area contributed by atoms with Crippen molar-refractivity contribution in [2.45, 2.75) is 32.1 Å². The fourth-order valence-electron chi connectivity index (χ4n) is 2.75. The van der Waals surface area contributed by atoms with Crippen molar-refractivity contribution in [1.29, 1.82) is 0 Å². The molecule has 1 aliphatic carbocycles. The van der Waals surface area contributed by atoms with Gasteiger partial charge in [0.15, 0.2) is 0 Å². The lowest BCUT2D eigenvalue weighted by Crippen LogP contribution is -2.11. The third-order valence-corrected chi connectivity index (χ3v) is 5.86. The molecule has 1 aliphatic rings. The van der Waals surface area contributed by atoms with Gasteiger partial charge < -0.3 is 10.4 Å². The van der Waals surface area contributed by atoms with E-state index in [9.17, 15) is 14.7 Å². The first-order valence-electron chi connectivity index (χ1n) is 7.55. The lowest BCUT2D eigenvalue weighted by Gasteiger charge is -2.03. The molecule has 6 heteroatoms. The molecule has 2 aromatic heterocycles. The molecule has 23 heavy (non-hydrogen) atoms. The first-order chi connectivity index (χ1) is 11.1. The van der Waals surface area contributed by atoms with Crippen molar-refractivity contribution in [2.75, 3.05) is 5.32 Å². The summed E-state index contributed by atoms with van der Waals surface area (Å²) in [7, 11) is 0. The molecule has 0 radical (unpaired) electrons. The van der Waals surface area contributed by atoms with Gasteiger partial charge in [-0.3, -0.25) is 4.79 Å². The van der Waals surface area contributed by atoms with E-state index in [2.05, 4.69) is 5.32 Å². The van der Waals surface area contributed by atoms with Gasteiger partial charge >= 0.3 is 5.97 Å². The van der Waals surface area contributed by atoms with Crippen LogP contribution < -0.4 is 5.32 Å². The predicted molar refractivity (Wildman–Crippen MR) is 94.5 cm³/mol. The number of hydrogen-bond donors (Lipinski definition) is 2. The quantitative estimate of drug-likeness (QED) is 0.635. The number of nitrogens with one attached hydrogen (secondary N) is 1. The highest BCUT2D eigenvalue weighted by Crippen LogP contribution is 2.37. The number of aryl methyl sites for hydroxylation is 1. The molecular formula is C17H17NO3S2. The van der Waals surface area contributed by atoms with E-state index < -0.39 is 5.97 Å². The Morgan fingerprint density at radius 2 is 2.04 bits per heavy atom. The van der Waals surface area contributed by atoms with Crippen LogP contribution in [0.1, 0.15) is 44.9 Å². The van der Waals surface area contributed by atoms with Gasteiger partial charge in [-0.2, -0.15) is 0 Å². The summed E-state index contributed by atoms with van der Waals surface area (Å²) < 4.78 is 0. The van der Waals surface area contributed by atoms with Crippen LogP contribution in [0.2, 0.25) is 0 Å². The number of amides is 1. The standard InChI is InChI=1S/C17H17NO3S2/c19-14(9-8-11-5-4-10-22-11)18-16-15(17(20)21)12-6-2-1-3-7-13(12)23-16/h4-5,8-10H,1-3,6-7H2,(H,18,19)(H,20,21). The Kier molecular flexibility index (Phi) is 4.93. The molecule has 2 heterocycles. The van der Waals surface area contributed by atoms with E-state index in [0.29, 0.717) is 5.00 Å². The van der Waals surface area contributed by atoms with Crippen molar-refractivity contribution < 1.29 is 14.7 Å². The number of anilines is 1. The Morgan fingerprint density at radius 1 is 1.22 bits per heavy atom. The van der Waals surface area contributed by atoms with Crippen LogP contribution in [0, 0.1) is 0 Å². The molecule has 0 aromatic carbocycles. The largest absolute Gasteiger partial charge is 0.478 e. The maximum atomic E-state index is 12.1. The van der Waals surface area contributed by atoms with Gasteiger partial charge in [-0.15, -0.1) is 22.7 Å². The Hall–Kier alpha value is -1.92. The molecule has 2 N–H and O–H groups in total. The first kappa shape index (κ1) is 16.0. The highest BCUT2D eigenvalue weighted by molar-refractivity contribution is 7.17. The van der Waals surface area contributed by atoms with Gasteiger partial charge in [-0.1, -0.05) is 12.5 Å². The second kappa shape index (κ2) is 7.10. The van der Waals surface area contributed by atoms with Gasteiger partial charge in [0.05, 0.1) is 5.56 Å². The Labute approximate surface area is 142 Å². The van der Waals surface area contributed by atoms with Gasteiger partial charge in [-0.05, 0) is 48.8 Å². The zero-order valence-corrected chi connectivity index (χ0v) is 14.1. The van der Waals surface area contributed by atoms with Crippen LogP contribution in [0.5, 0.6) is 0 Å². The number of carbonyl (C=O) groups is 2. The molecule has 1 amide bonds. The number of carbonyl (C=O) groups excluding carboxylic acids is 1. The number of aromatic carboxylic acids is 1. The Balaban J connectivity index is 1.82. The summed E-state index contributed by atoms with van der Waals surface area (Å²) in [6.07, 6.45) is 8.09. The van der Waals surface area contributed by atoms with E-state index in [1.807, 2.05) is 17.5 Å². The molecule has 0 aliphatic heterocycles. The second-order valence-electron chi connectivity index (χ2n) is 5.41. The molecule has 0 saturated carbocycles. The molecule has 0 spiro atoms. The second-order valence-corrected chi connectivity index (χ2v) is 7.50. The third kappa shape index (κ3) is 3.71. The van der Waals surface area contributed by atoms with Crippen LogP contribution in [0.3, 0.4) is 0 Å². The molecule has 2 aromatic rings. The first-order valence-corrected chi connectivity index (χ1v) is 9.25. The number of thiophene rings is 2. The van der Waals surface area contributed by atoms with Gasteiger partial charge in [-0.25, -0.2) is 4.79 Å². The summed E-state index contributed by atoms with van der Waals surface area (Å²) in [6.45, 7) is 0. The van der Waals surface area contributed by atoms with E-state index in [4.69, 9.17) is 0 Å². The zero-order valence-electron chi connectivity index (χ0n) is 12.5. The lowest BCUT2D eigenvalue weighted by atomic mass is 10.1. The lowest BCUT2D eigenvalue weighted by molar-refractivity contribution is -0.111. The van der Waals surface area contributed by atoms with Gasteiger partial charge in [0.25, 0.3) is 0 Å². The highest BCUT2D eigenvalue weighted by atomic mass is 32.1. The van der Waals surface area contributed by atoms with Gasteiger partial charge in [0.2, 0.25) is 5.91 Å². The summed E-state index contributed by atoms with van der Waals surface area (Å²) in [5, 5.41) is 14.7. The summed E-state index contributed by atoms with van der Waals surface area (Å²) in [5.74, 6) is -1.25. The van der Waals surface area contributed by atoms with E-state index in [-0.39, 0.29) is 11.5 Å². The molecule has 4 nitrogen and oxygen atoms in total. The molecule has 0 atom stereocenters. The van der Waals surface area contributed by atoms with Gasteiger partial charge in [0.1, 0.15) is 5.00 Å². The molecular weight excluding hydrogens is 330 g/mol. The zero-order chi connectivity index (χ0) is 16.2. The smallest absolute Gasteiger partial charge is 0.339 e. The van der Waals surface area contributed by atoms with Crippen LogP contribution in [-0.4, -0.2) is 17.0 Å². The van der Waals surface area contributed by atoms with E-state index in [1.165, 1.54) is 17.4 Å².